The highest BCUT2D eigenvalue weighted by Gasteiger charge is 2.23. The van der Waals surface area contributed by atoms with Crippen molar-refractivity contribution in [2.45, 2.75) is 25.7 Å². The van der Waals surface area contributed by atoms with Crippen LogP contribution in [0.15, 0.2) is 18.2 Å². The van der Waals surface area contributed by atoms with E-state index in [0.717, 1.165) is 5.56 Å². The van der Waals surface area contributed by atoms with Crippen molar-refractivity contribution >= 4 is 5.97 Å². The number of aliphatic hydroxyl groups is 1. The Bertz CT molecular complexity index is 398. The zero-order chi connectivity index (χ0) is 13.0. The number of benzene rings is 1. The number of aliphatic hydroxyl groups excluding tert-OH is 1. The topological polar surface area (TPSA) is 66.8 Å². The fourth-order valence-electron chi connectivity index (χ4n) is 1.69. The average Bonchev–Trinajstić information content (AvgIpc) is 2.29. The Morgan fingerprint density at radius 1 is 1.41 bits per heavy atom. The van der Waals surface area contributed by atoms with E-state index in [-0.39, 0.29) is 0 Å². The molecule has 0 fully saturated rings. The number of methoxy groups -OCH3 is 1. The summed E-state index contributed by atoms with van der Waals surface area (Å²) in [6, 6.07) is 5.44. The van der Waals surface area contributed by atoms with Crippen molar-refractivity contribution in [2.75, 3.05) is 13.7 Å². The van der Waals surface area contributed by atoms with E-state index in [9.17, 15) is 4.79 Å². The second-order valence-corrected chi connectivity index (χ2v) is 4.23. The molecule has 0 saturated carbocycles. The molecule has 1 atom stereocenters. The lowest BCUT2D eigenvalue weighted by Gasteiger charge is -2.16. The van der Waals surface area contributed by atoms with Crippen LogP contribution < -0.4 is 4.74 Å². The van der Waals surface area contributed by atoms with Gasteiger partial charge in [0.15, 0.2) is 0 Å². The Balaban J connectivity index is 3.26. The molecule has 2 N–H and O–H groups in total. The maximum Gasteiger partial charge on any atom is 0.313 e. The third-order valence-corrected chi connectivity index (χ3v) is 2.78. The van der Waals surface area contributed by atoms with E-state index in [1.165, 1.54) is 7.11 Å². The quantitative estimate of drug-likeness (QED) is 0.823. The zero-order valence-electron chi connectivity index (χ0n) is 10.3. The number of carboxylic acids is 1. The smallest absolute Gasteiger partial charge is 0.313 e. The predicted octanol–water partition coefficient (Wildman–Crippen LogP) is 1.98. The zero-order valence-corrected chi connectivity index (χ0v) is 10.3. The molecular weight excluding hydrogens is 220 g/mol. The average molecular weight is 238 g/mol. The number of aliphatic carboxylic acids is 1. The molecular formula is C13H18O4. The molecule has 1 aromatic carbocycles. The molecule has 0 aliphatic rings. The van der Waals surface area contributed by atoms with Gasteiger partial charge in [0.25, 0.3) is 0 Å². The van der Waals surface area contributed by atoms with Crippen molar-refractivity contribution in [3.8, 4) is 5.75 Å². The summed E-state index contributed by atoms with van der Waals surface area (Å²) >= 11 is 0. The molecule has 0 aliphatic heterocycles. The highest BCUT2D eigenvalue weighted by Crippen LogP contribution is 2.30. The minimum Gasteiger partial charge on any atom is -0.496 e. The maximum atomic E-state index is 11.1. The molecule has 1 rings (SSSR count). The lowest BCUT2D eigenvalue weighted by Crippen LogP contribution is -2.16. The van der Waals surface area contributed by atoms with Crippen LogP contribution in [0.3, 0.4) is 0 Å². The minimum atomic E-state index is -1.05. The molecule has 1 aromatic rings. The van der Waals surface area contributed by atoms with E-state index in [0.29, 0.717) is 17.2 Å². The first-order valence-corrected chi connectivity index (χ1v) is 5.52. The molecule has 0 bridgehead atoms. The fourth-order valence-corrected chi connectivity index (χ4v) is 1.69. The van der Waals surface area contributed by atoms with E-state index < -0.39 is 18.5 Å². The third kappa shape index (κ3) is 2.97. The van der Waals surface area contributed by atoms with Gasteiger partial charge in [-0.05, 0) is 17.5 Å². The number of rotatable bonds is 5. The molecule has 0 amide bonds. The van der Waals surface area contributed by atoms with Crippen molar-refractivity contribution in [3.63, 3.8) is 0 Å². The first kappa shape index (κ1) is 13.5. The van der Waals surface area contributed by atoms with Gasteiger partial charge >= 0.3 is 5.97 Å². The number of carbonyl (C=O) groups is 1. The summed E-state index contributed by atoms with van der Waals surface area (Å²) in [6.07, 6.45) is 0. The first-order valence-electron chi connectivity index (χ1n) is 5.52. The summed E-state index contributed by atoms with van der Waals surface area (Å²) in [4.78, 5) is 11.1. The van der Waals surface area contributed by atoms with Gasteiger partial charge in [0.05, 0.1) is 13.7 Å². The summed E-state index contributed by atoms with van der Waals surface area (Å²) in [5, 5.41) is 18.2. The van der Waals surface area contributed by atoms with Gasteiger partial charge < -0.3 is 14.9 Å². The fraction of sp³-hybridized carbons (Fsp3) is 0.462. The number of hydrogen-bond acceptors (Lipinski definition) is 3. The van der Waals surface area contributed by atoms with Gasteiger partial charge in [-0.15, -0.1) is 0 Å². The highest BCUT2D eigenvalue weighted by atomic mass is 16.5. The van der Waals surface area contributed by atoms with Crippen LogP contribution in [-0.4, -0.2) is 29.9 Å². The summed E-state index contributed by atoms with van der Waals surface area (Å²) in [5.41, 5.74) is 1.55. The van der Waals surface area contributed by atoms with Gasteiger partial charge in [0, 0.05) is 5.56 Å². The van der Waals surface area contributed by atoms with Gasteiger partial charge in [-0.2, -0.15) is 0 Å². The molecule has 0 aliphatic carbocycles. The van der Waals surface area contributed by atoms with Crippen molar-refractivity contribution < 1.29 is 19.7 Å². The monoisotopic (exact) mass is 238 g/mol. The molecule has 17 heavy (non-hydrogen) atoms. The standard InChI is InChI=1S/C13H18O4/c1-8(2)9-4-5-12(17-3)10(6-9)11(7-14)13(15)16/h4-6,8,11,14H,7H2,1-3H3,(H,15,16). The van der Waals surface area contributed by atoms with Gasteiger partial charge in [-0.3, -0.25) is 4.79 Å². The molecule has 0 spiro atoms. The SMILES string of the molecule is COc1ccc(C(C)C)cc1C(CO)C(=O)O. The van der Waals surface area contributed by atoms with Gasteiger partial charge in [-0.25, -0.2) is 0 Å². The number of hydrogen-bond donors (Lipinski definition) is 2. The normalized spacial score (nSPS) is 12.5. The van der Waals surface area contributed by atoms with Gasteiger partial charge in [-0.1, -0.05) is 26.0 Å². The summed E-state index contributed by atoms with van der Waals surface area (Å²) < 4.78 is 5.14. The van der Waals surface area contributed by atoms with Crippen molar-refractivity contribution in [1.29, 1.82) is 0 Å². The highest BCUT2D eigenvalue weighted by molar-refractivity contribution is 5.77. The summed E-state index contributed by atoms with van der Waals surface area (Å²) in [7, 11) is 1.49. The minimum absolute atomic E-state index is 0.299. The summed E-state index contributed by atoms with van der Waals surface area (Å²) in [5.74, 6) is -1.20. The number of ether oxygens (including phenoxy) is 1. The largest absolute Gasteiger partial charge is 0.496 e. The summed E-state index contributed by atoms with van der Waals surface area (Å²) in [6.45, 7) is 3.62. The van der Waals surface area contributed by atoms with Crippen LogP contribution in [-0.2, 0) is 4.79 Å². The third-order valence-electron chi connectivity index (χ3n) is 2.78. The van der Waals surface area contributed by atoms with Crippen molar-refractivity contribution in [2.24, 2.45) is 0 Å². The molecule has 0 heterocycles. The van der Waals surface area contributed by atoms with E-state index >= 15 is 0 Å². The number of carboxylic acid groups (broad SMARTS) is 1. The van der Waals surface area contributed by atoms with Crippen LogP contribution in [0, 0.1) is 0 Å². The van der Waals surface area contributed by atoms with Crippen LogP contribution in [0.1, 0.15) is 36.8 Å². The van der Waals surface area contributed by atoms with E-state index in [1.807, 2.05) is 19.9 Å². The van der Waals surface area contributed by atoms with E-state index in [4.69, 9.17) is 14.9 Å². The Morgan fingerprint density at radius 2 is 2.06 bits per heavy atom. The second kappa shape index (κ2) is 5.68. The Hall–Kier alpha value is -1.55. The molecule has 4 nitrogen and oxygen atoms in total. The van der Waals surface area contributed by atoms with Crippen LogP contribution >= 0.6 is 0 Å². The molecule has 4 heteroatoms. The van der Waals surface area contributed by atoms with E-state index in [1.54, 1.807) is 12.1 Å². The second-order valence-electron chi connectivity index (χ2n) is 4.23. The lowest BCUT2D eigenvalue weighted by molar-refractivity contribution is -0.139. The molecule has 1 unspecified atom stereocenters. The van der Waals surface area contributed by atoms with Gasteiger partial charge in [0.2, 0.25) is 0 Å². The lowest BCUT2D eigenvalue weighted by atomic mass is 9.93. The van der Waals surface area contributed by atoms with E-state index in [2.05, 4.69) is 0 Å². The Morgan fingerprint density at radius 3 is 2.47 bits per heavy atom. The predicted molar refractivity (Wildman–Crippen MR) is 64.5 cm³/mol. The molecule has 0 saturated heterocycles. The molecule has 94 valence electrons. The van der Waals surface area contributed by atoms with Crippen LogP contribution in [0.2, 0.25) is 0 Å². The van der Waals surface area contributed by atoms with Crippen molar-refractivity contribution in [1.82, 2.24) is 0 Å². The molecule has 0 radical (unpaired) electrons. The van der Waals surface area contributed by atoms with Crippen LogP contribution in [0.25, 0.3) is 0 Å². The van der Waals surface area contributed by atoms with Crippen LogP contribution in [0.4, 0.5) is 0 Å². The Kier molecular flexibility index (Phi) is 4.52. The van der Waals surface area contributed by atoms with Gasteiger partial charge in [0.1, 0.15) is 11.7 Å². The first-order chi connectivity index (χ1) is 8.01. The maximum absolute atomic E-state index is 11.1. The van der Waals surface area contributed by atoms with Crippen molar-refractivity contribution in [3.05, 3.63) is 29.3 Å². The van der Waals surface area contributed by atoms with Crippen LogP contribution in [0.5, 0.6) is 5.75 Å². The molecule has 0 aromatic heterocycles. The Labute approximate surface area is 101 Å².